The van der Waals surface area contributed by atoms with E-state index in [1.807, 2.05) is 0 Å². The third-order valence-corrected chi connectivity index (χ3v) is 5.22. The minimum absolute atomic E-state index is 0.323. The van der Waals surface area contributed by atoms with Crippen molar-refractivity contribution in [3.05, 3.63) is 59.7 Å². The summed E-state index contributed by atoms with van der Waals surface area (Å²) in [5.74, 6) is -3.14. The number of nitrogens with zero attached hydrogens (tertiary/aromatic N) is 4. The molecule has 8 nitrogen and oxygen atoms in total. The lowest BCUT2D eigenvalue weighted by Crippen LogP contribution is -2.47. The molecule has 3 aromatic rings. The third kappa shape index (κ3) is 4.48. The molecule has 10 heteroatoms. The van der Waals surface area contributed by atoms with Gasteiger partial charge < -0.3 is 10.6 Å². The summed E-state index contributed by atoms with van der Waals surface area (Å²) < 4.78 is 29.6. The van der Waals surface area contributed by atoms with Crippen molar-refractivity contribution in [1.82, 2.24) is 25.5 Å². The van der Waals surface area contributed by atoms with Crippen LogP contribution in [0.2, 0.25) is 0 Å². The highest BCUT2D eigenvalue weighted by Crippen LogP contribution is 2.36. The highest BCUT2D eigenvalue weighted by atomic mass is 19.1. The van der Waals surface area contributed by atoms with Crippen molar-refractivity contribution >= 4 is 17.5 Å². The van der Waals surface area contributed by atoms with E-state index >= 15 is 0 Å². The van der Waals surface area contributed by atoms with E-state index < -0.39 is 35.1 Å². The lowest BCUT2D eigenvalue weighted by molar-refractivity contribution is -0.118. The summed E-state index contributed by atoms with van der Waals surface area (Å²) in [6.45, 7) is 3.45. The zero-order valence-corrected chi connectivity index (χ0v) is 17.5. The van der Waals surface area contributed by atoms with E-state index in [4.69, 9.17) is 0 Å². The second-order valence-corrected chi connectivity index (χ2v) is 8.04. The van der Waals surface area contributed by atoms with Gasteiger partial charge in [-0.3, -0.25) is 9.59 Å². The van der Waals surface area contributed by atoms with Gasteiger partial charge in [-0.25, -0.2) is 13.5 Å². The number of carbonyl (C=O) groups is 2. The number of anilines is 1. The Morgan fingerprint density at radius 2 is 1.72 bits per heavy atom. The van der Waals surface area contributed by atoms with Crippen molar-refractivity contribution in [2.75, 3.05) is 5.32 Å². The molecule has 0 radical (unpaired) electrons. The number of carbonyl (C=O) groups excluding carboxylic acids is 2. The molecule has 1 unspecified atom stereocenters. The molecule has 4 rings (SSSR count). The first-order valence-corrected chi connectivity index (χ1v) is 10.3. The van der Waals surface area contributed by atoms with Crippen LogP contribution in [0.4, 0.5) is 14.5 Å². The number of tetrazole rings is 1. The predicted molar refractivity (Wildman–Crippen MR) is 113 cm³/mol. The van der Waals surface area contributed by atoms with E-state index in [9.17, 15) is 18.4 Å². The second-order valence-electron chi connectivity index (χ2n) is 8.04. The molecule has 0 aliphatic heterocycles. The number of nitrogens with one attached hydrogen (secondary N) is 2. The lowest BCUT2D eigenvalue weighted by Gasteiger charge is -2.22. The van der Waals surface area contributed by atoms with Gasteiger partial charge in [0.05, 0.1) is 6.04 Å². The third-order valence-electron chi connectivity index (χ3n) is 5.22. The normalized spacial score (nSPS) is 14.3. The summed E-state index contributed by atoms with van der Waals surface area (Å²) in [7, 11) is 0. The average Bonchev–Trinajstić information content (AvgIpc) is 3.48. The zero-order chi connectivity index (χ0) is 22.8. The first-order chi connectivity index (χ1) is 15.3. The summed E-state index contributed by atoms with van der Waals surface area (Å²) in [5, 5.41) is 17.0. The lowest BCUT2D eigenvalue weighted by atomic mass is 10.0. The van der Waals surface area contributed by atoms with E-state index in [0.29, 0.717) is 17.6 Å². The Bertz CT molecular complexity index is 1120. The standard InChI is InChI=1S/C22H22F2N6O2/c1-12(2)19(26-21(31)18-16(23)4-3-5-17(18)24)22(32)25-14-8-6-13(7-9-14)20-27-28-29-30(20)15-10-11-15/h3-9,12,15,19H,10-11H2,1-2H3,(H,25,32)(H,26,31). The molecule has 1 heterocycles. The van der Waals surface area contributed by atoms with Gasteiger partial charge >= 0.3 is 0 Å². The van der Waals surface area contributed by atoms with Crippen molar-refractivity contribution in [2.45, 2.75) is 38.8 Å². The minimum atomic E-state index is -0.997. The van der Waals surface area contributed by atoms with Crippen LogP contribution in [0.3, 0.4) is 0 Å². The maximum absolute atomic E-state index is 13.9. The van der Waals surface area contributed by atoms with Crippen molar-refractivity contribution in [3.63, 3.8) is 0 Å². The van der Waals surface area contributed by atoms with Crippen LogP contribution < -0.4 is 10.6 Å². The predicted octanol–water partition coefficient (Wildman–Crippen LogP) is 3.35. The summed E-state index contributed by atoms with van der Waals surface area (Å²) in [6.07, 6.45) is 2.09. The van der Waals surface area contributed by atoms with E-state index in [2.05, 4.69) is 26.2 Å². The molecule has 2 aromatic carbocycles. The van der Waals surface area contributed by atoms with Crippen LogP contribution in [0.25, 0.3) is 11.4 Å². The van der Waals surface area contributed by atoms with Gasteiger partial charge in [0.15, 0.2) is 5.82 Å². The zero-order valence-electron chi connectivity index (χ0n) is 17.5. The van der Waals surface area contributed by atoms with Crippen LogP contribution in [0.15, 0.2) is 42.5 Å². The van der Waals surface area contributed by atoms with Crippen LogP contribution in [0.1, 0.15) is 43.1 Å². The first kappa shape index (κ1) is 21.5. The topological polar surface area (TPSA) is 102 Å². The molecule has 2 N–H and O–H groups in total. The SMILES string of the molecule is CC(C)C(NC(=O)c1c(F)cccc1F)C(=O)Nc1ccc(-c2nnnn2C2CC2)cc1. The molecule has 1 fully saturated rings. The number of aromatic nitrogens is 4. The van der Waals surface area contributed by atoms with Gasteiger partial charge in [-0.2, -0.15) is 0 Å². The number of halogens is 2. The molecule has 166 valence electrons. The second kappa shape index (κ2) is 8.81. The van der Waals surface area contributed by atoms with Gasteiger partial charge in [0.25, 0.3) is 5.91 Å². The average molecular weight is 440 g/mol. The van der Waals surface area contributed by atoms with Crippen molar-refractivity contribution in [2.24, 2.45) is 5.92 Å². The molecule has 0 spiro atoms. The molecular weight excluding hydrogens is 418 g/mol. The number of benzene rings is 2. The summed E-state index contributed by atoms with van der Waals surface area (Å²) in [4.78, 5) is 25.2. The fourth-order valence-corrected chi connectivity index (χ4v) is 3.33. The monoisotopic (exact) mass is 440 g/mol. The summed E-state index contributed by atoms with van der Waals surface area (Å²) in [6, 6.07) is 9.46. The van der Waals surface area contributed by atoms with Gasteiger partial charge in [-0.15, -0.1) is 5.10 Å². The molecule has 0 saturated heterocycles. The maximum atomic E-state index is 13.9. The first-order valence-electron chi connectivity index (χ1n) is 10.3. The molecule has 1 aromatic heterocycles. The molecule has 2 amide bonds. The number of rotatable bonds is 7. The van der Waals surface area contributed by atoms with Crippen LogP contribution in [0.5, 0.6) is 0 Å². The summed E-state index contributed by atoms with van der Waals surface area (Å²) in [5.41, 5.74) is 0.591. The Morgan fingerprint density at radius 1 is 1.06 bits per heavy atom. The number of hydrogen-bond donors (Lipinski definition) is 2. The highest BCUT2D eigenvalue weighted by Gasteiger charge is 2.29. The van der Waals surface area contributed by atoms with Crippen LogP contribution >= 0.6 is 0 Å². The van der Waals surface area contributed by atoms with Crippen LogP contribution in [-0.4, -0.2) is 38.1 Å². The maximum Gasteiger partial charge on any atom is 0.257 e. The molecular formula is C22H22F2N6O2. The van der Waals surface area contributed by atoms with Gasteiger partial charge in [0.2, 0.25) is 5.91 Å². The van der Waals surface area contributed by atoms with Crippen LogP contribution in [0, 0.1) is 17.6 Å². The van der Waals surface area contributed by atoms with Crippen molar-refractivity contribution in [1.29, 1.82) is 0 Å². The van der Waals surface area contributed by atoms with Gasteiger partial charge in [0.1, 0.15) is 23.2 Å². The minimum Gasteiger partial charge on any atom is -0.340 e. The molecule has 0 bridgehead atoms. The molecule has 1 aliphatic rings. The van der Waals surface area contributed by atoms with Gasteiger partial charge in [-0.05, 0) is 65.6 Å². The molecule has 1 atom stereocenters. The van der Waals surface area contributed by atoms with E-state index in [1.165, 1.54) is 6.07 Å². The molecule has 1 aliphatic carbocycles. The number of amides is 2. The fourth-order valence-electron chi connectivity index (χ4n) is 3.33. The quantitative estimate of drug-likeness (QED) is 0.587. The Labute approximate surface area is 183 Å². The Hall–Kier alpha value is -3.69. The Morgan fingerprint density at radius 3 is 2.31 bits per heavy atom. The van der Waals surface area contributed by atoms with Gasteiger partial charge in [0, 0.05) is 11.3 Å². The summed E-state index contributed by atoms with van der Waals surface area (Å²) >= 11 is 0. The Kier molecular flexibility index (Phi) is 5.93. The number of hydrogen-bond acceptors (Lipinski definition) is 5. The Balaban J connectivity index is 1.46. The smallest absolute Gasteiger partial charge is 0.257 e. The van der Waals surface area contributed by atoms with Gasteiger partial charge in [-0.1, -0.05) is 19.9 Å². The molecule has 32 heavy (non-hydrogen) atoms. The largest absolute Gasteiger partial charge is 0.340 e. The van der Waals surface area contributed by atoms with Crippen molar-refractivity contribution in [3.8, 4) is 11.4 Å². The van der Waals surface area contributed by atoms with E-state index in [-0.39, 0.29) is 5.92 Å². The fraction of sp³-hybridized carbons (Fsp3) is 0.318. The highest BCUT2D eigenvalue weighted by molar-refractivity contribution is 6.01. The van der Waals surface area contributed by atoms with E-state index in [1.54, 1.807) is 42.8 Å². The van der Waals surface area contributed by atoms with Crippen LogP contribution in [-0.2, 0) is 4.79 Å². The van der Waals surface area contributed by atoms with Crippen molar-refractivity contribution < 1.29 is 18.4 Å². The van der Waals surface area contributed by atoms with E-state index in [0.717, 1.165) is 30.5 Å². The molecule has 1 saturated carbocycles.